The minimum atomic E-state index is -0.139. The third-order valence-corrected chi connectivity index (χ3v) is 4.08. The number of aromatic amines is 1. The number of ether oxygens (including phenoxy) is 2. The highest BCUT2D eigenvalue weighted by Crippen LogP contribution is 2.34. The Morgan fingerprint density at radius 3 is 2.72 bits per heavy atom. The van der Waals surface area contributed by atoms with Crippen LogP contribution < -0.4 is 20.3 Å². The molecule has 1 aliphatic rings. The third kappa shape index (κ3) is 3.19. The molecular weight excluding hydrogens is 318 g/mol. The quantitative estimate of drug-likeness (QED) is 0.766. The van der Waals surface area contributed by atoms with Crippen LogP contribution in [0, 0.1) is 6.92 Å². The van der Waals surface area contributed by atoms with Gasteiger partial charge in [0.25, 0.3) is 5.56 Å². The van der Waals surface area contributed by atoms with Gasteiger partial charge in [0.1, 0.15) is 0 Å². The zero-order valence-corrected chi connectivity index (χ0v) is 13.7. The van der Waals surface area contributed by atoms with Crippen molar-refractivity contribution in [3.8, 4) is 11.5 Å². The summed E-state index contributed by atoms with van der Waals surface area (Å²) in [6, 6.07) is 15.4. The van der Waals surface area contributed by atoms with Crippen LogP contribution in [-0.4, -0.2) is 16.8 Å². The van der Waals surface area contributed by atoms with Gasteiger partial charge < -0.3 is 14.8 Å². The number of H-pyrrole nitrogens is 1. The first kappa shape index (κ1) is 15.3. The number of aromatic nitrogens is 2. The van der Waals surface area contributed by atoms with Crippen LogP contribution in [0.4, 0.5) is 11.6 Å². The van der Waals surface area contributed by atoms with Gasteiger partial charge in [-0.1, -0.05) is 30.3 Å². The van der Waals surface area contributed by atoms with Crippen molar-refractivity contribution < 1.29 is 9.47 Å². The molecule has 4 rings (SSSR count). The topological polar surface area (TPSA) is 76.2 Å². The molecule has 3 aromatic rings. The number of hydrogen-bond acceptors (Lipinski definition) is 5. The van der Waals surface area contributed by atoms with Crippen molar-refractivity contribution in [3.63, 3.8) is 0 Å². The second kappa shape index (κ2) is 6.32. The Morgan fingerprint density at radius 1 is 1.12 bits per heavy atom. The number of aryl methyl sites for hydroxylation is 1. The molecule has 0 aliphatic carbocycles. The smallest absolute Gasteiger partial charge is 0.256 e. The van der Waals surface area contributed by atoms with Gasteiger partial charge in [-0.25, -0.2) is 4.98 Å². The minimum Gasteiger partial charge on any atom is -0.454 e. The van der Waals surface area contributed by atoms with Crippen molar-refractivity contribution in [1.82, 2.24) is 9.97 Å². The summed E-state index contributed by atoms with van der Waals surface area (Å²) < 4.78 is 10.6. The second-order valence-electron chi connectivity index (χ2n) is 5.83. The van der Waals surface area contributed by atoms with Crippen molar-refractivity contribution in [2.24, 2.45) is 0 Å². The molecule has 0 bridgehead atoms. The number of fused-ring (bicyclic) bond motifs is 1. The zero-order chi connectivity index (χ0) is 17.2. The van der Waals surface area contributed by atoms with Crippen molar-refractivity contribution >= 4 is 11.6 Å². The Labute approximate surface area is 144 Å². The highest BCUT2D eigenvalue weighted by atomic mass is 16.7. The van der Waals surface area contributed by atoms with Gasteiger partial charge in [-0.2, -0.15) is 0 Å². The summed E-state index contributed by atoms with van der Waals surface area (Å²) >= 11 is 0. The molecule has 0 radical (unpaired) electrons. The first-order valence-corrected chi connectivity index (χ1v) is 7.99. The Morgan fingerprint density at radius 2 is 1.92 bits per heavy atom. The van der Waals surface area contributed by atoms with Crippen LogP contribution >= 0.6 is 0 Å². The molecule has 0 spiro atoms. The molecule has 6 nitrogen and oxygen atoms in total. The molecule has 0 atom stereocenters. The van der Waals surface area contributed by atoms with E-state index in [2.05, 4.69) is 15.3 Å². The number of hydrogen-bond donors (Lipinski definition) is 2. The predicted octanol–water partition coefficient (Wildman–Crippen LogP) is 3.14. The maximum Gasteiger partial charge on any atom is 0.256 e. The van der Waals surface area contributed by atoms with E-state index in [0.717, 1.165) is 11.3 Å². The lowest BCUT2D eigenvalue weighted by atomic mass is 10.1. The van der Waals surface area contributed by atoms with Crippen molar-refractivity contribution in [3.05, 3.63) is 75.7 Å². The van der Waals surface area contributed by atoms with E-state index in [9.17, 15) is 4.79 Å². The number of benzene rings is 2. The van der Waals surface area contributed by atoms with Crippen LogP contribution in [0.25, 0.3) is 0 Å². The standard InChI is InChI=1S/C19H17N3O3/c1-12-15(9-13-5-3-2-4-6-13)18(23)22-19(20-12)21-14-7-8-16-17(10-14)25-11-24-16/h2-8,10H,9,11H2,1H3,(H2,20,21,22,23). The van der Waals surface area contributed by atoms with Crippen molar-refractivity contribution in [1.29, 1.82) is 0 Å². The molecule has 6 heteroatoms. The number of nitrogens with zero attached hydrogens (tertiary/aromatic N) is 1. The van der Waals surface area contributed by atoms with E-state index < -0.39 is 0 Å². The van der Waals surface area contributed by atoms with Gasteiger partial charge in [0, 0.05) is 23.7 Å². The fraction of sp³-hybridized carbons (Fsp3) is 0.158. The highest BCUT2D eigenvalue weighted by molar-refractivity contribution is 5.60. The van der Waals surface area contributed by atoms with Gasteiger partial charge in [0.2, 0.25) is 12.7 Å². The lowest BCUT2D eigenvalue weighted by Crippen LogP contribution is -2.18. The normalized spacial score (nSPS) is 12.2. The number of rotatable bonds is 4. The average molecular weight is 335 g/mol. The lowest BCUT2D eigenvalue weighted by Gasteiger charge is -2.10. The van der Waals surface area contributed by atoms with Crippen LogP contribution in [0.5, 0.6) is 11.5 Å². The minimum absolute atomic E-state index is 0.139. The van der Waals surface area contributed by atoms with Gasteiger partial charge in [-0.05, 0) is 24.6 Å². The monoisotopic (exact) mass is 335 g/mol. The first-order chi connectivity index (χ1) is 12.2. The van der Waals surface area contributed by atoms with E-state index in [4.69, 9.17) is 9.47 Å². The zero-order valence-electron chi connectivity index (χ0n) is 13.7. The van der Waals surface area contributed by atoms with Gasteiger partial charge in [-0.3, -0.25) is 9.78 Å². The molecule has 0 amide bonds. The molecule has 0 saturated carbocycles. The molecule has 2 aromatic carbocycles. The number of anilines is 2. The fourth-order valence-corrected chi connectivity index (χ4v) is 2.79. The molecule has 2 heterocycles. The van der Waals surface area contributed by atoms with Crippen molar-refractivity contribution in [2.75, 3.05) is 12.1 Å². The molecular formula is C19H17N3O3. The van der Waals surface area contributed by atoms with Gasteiger partial charge in [-0.15, -0.1) is 0 Å². The molecule has 1 aliphatic heterocycles. The fourth-order valence-electron chi connectivity index (χ4n) is 2.79. The summed E-state index contributed by atoms with van der Waals surface area (Å²) in [4.78, 5) is 19.7. The molecule has 0 fully saturated rings. The molecule has 1 aromatic heterocycles. The van der Waals surface area contributed by atoms with Gasteiger partial charge >= 0.3 is 0 Å². The van der Waals surface area contributed by atoms with Crippen LogP contribution in [0.1, 0.15) is 16.8 Å². The molecule has 126 valence electrons. The SMILES string of the molecule is Cc1nc(Nc2ccc3c(c2)OCO3)[nH]c(=O)c1Cc1ccccc1. The summed E-state index contributed by atoms with van der Waals surface area (Å²) in [5.41, 5.74) is 3.08. The average Bonchev–Trinajstić information content (AvgIpc) is 3.07. The van der Waals surface area contributed by atoms with E-state index in [1.165, 1.54) is 0 Å². The van der Waals surface area contributed by atoms with E-state index >= 15 is 0 Å². The summed E-state index contributed by atoms with van der Waals surface area (Å²) in [5.74, 6) is 1.78. The molecule has 0 saturated heterocycles. The van der Waals surface area contributed by atoms with Crippen LogP contribution in [-0.2, 0) is 6.42 Å². The Bertz CT molecular complexity index is 967. The first-order valence-electron chi connectivity index (χ1n) is 7.99. The third-order valence-electron chi connectivity index (χ3n) is 4.08. The molecule has 2 N–H and O–H groups in total. The largest absolute Gasteiger partial charge is 0.454 e. The Balaban J connectivity index is 1.58. The van der Waals surface area contributed by atoms with Crippen LogP contribution in [0.15, 0.2) is 53.3 Å². The summed E-state index contributed by atoms with van der Waals surface area (Å²) in [7, 11) is 0. The van der Waals surface area contributed by atoms with E-state index in [1.54, 1.807) is 0 Å². The lowest BCUT2D eigenvalue weighted by molar-refractivity contribution is 0.174. The van der Waals surface area contributed by atoms with E-state index in [0.29, 0.717) is 35.1 Å². The van der Waals surface area contributed by atoms with Crippen LogP contribution in [0.3, 0.4) is 0 Å². The molecule has 25 heavy (non-hydrogen) atoms. The van der Waals surface area contributed by atoms with Crippen molar-refractivity contribution in [2.45, 2.75) is 13.3 Å². The predicted molar refractivity (Wildman–Crippen MR) is 94.7 cm³/mol. The van der Waals surface area contributed by atoms with E-state index in [1.807, 2.05) is 55.5 Å². The number of nitrogens with one attached hydrogen (secondary N) is 2. The molecule has 0 unspecified atom stereocenters. The Hall–Kier alpha value is -3.28. The summed E-state index contributed by atoms with van der Waals surface area (Å²) in [6.45, 7) is 2.07. The van der Waals surface area contributed by atoms with E-state index in [-0.39, 0.29) is 12.4 Å². The summed E-state index contributed by atoms with van der Waals surface area (Å²) in [6.07, 6.45) is 0.555. The van der Waals surface area contributed by atoms with Gasteiger partial charge in [0.05, 0.1) is 5.69 Å². The maximum absolute atomic E-state index is 12.5. The second-order valence-corrected chi connectivity index (χ2v) is 5.83. The van der Waals surface area contributed by atoms with Gasteiger partial charge in [0.15, 0.2) is 11.5 Å². The Kier molecular flexibility index (Phi) is 3.85. The van der Waals surface area contributed by atoms with Crippen LogP contribution in [0.2, 0.25) is 0 Å². The summed E-state index contributed by atoms with van der Waals surface area (Å²) in [5, 5.41) is 3.10. The maximum atomic E-state index is 12.5. The highest BCUT2D eigenvalue weighted by Gasteiger charge is 2.14.